The van der Waals surface area contributed by atoms with Crippen LogP contribution in [0.1, 0.15) is 24.8 Å². The Balaban J connectivity index is 1.72. The quantitative estimate of drug-likeness (QED) is 0.743. The second kappa shape index (κ2) is 3.99. The predicted octanol–water partition coefficient (Wildman–Crippen LogP) is 1.64. The molecule has 96 valence electrons. The number of para-hydroxylation sites is 1. The first-order chi connectivity index (χ1) is 8.58. The molecular formula is C14H17NO3. The van der Waals surface area contributed by atoms with Crippen LogP contribution in [0, 0.1) is 5.92 Å². The minimum Gasteiger partial charge on any atom is -0.481 e. The van der Waals surface area contributed by atoms with Crippen LogP contribution in [-0.2, 0) is 11.2 Å². The Bertz CT molecular complexity index is 480. The number of carboxylic acid groups (broad SMARTS) is 1. The lowest BCUT2D eigenvalue weighted by atomic mass is 9.65. The third-order valence-corrected chi connectivity index (χ3v) is 4.25. The van der Waals surface area contributed by atoms with Gasteiger partial charge in [-0.05, 0) is 37.3 Å². The second-order valence-electron chi connectivity index (χ2n) is 5.44. The molecule has 1 heterocycles. The fraction of sp³-hybridized carbons (Fsp3) is 0.500. The van der Waals surface area contributed by atoms with E-state index in [1.165, 1.54) is 5.56 Å². The summed E-state index contributed by atoms with van der Waals surface area (Å²) in [5, 5.41) is 22.7. The van der Waals surface area contributed by atoms with Crippen LogP contribution in [0.5, 0.6) is 0 Å². The van der Waals surface area contributed by atoms with Gasteiger partial charge in [-0.25, -0.2) is 0 Å². The molecular weight excluding hydrogens is 230 g/mol. The van der Waals surface area contributed by atoms with E-state index in [2.05, 4.69) is 11.4 Å². The van der Waals surface area contributed by atoms with Gasteiger partial charge in [-0.1, -0.05) is 18.2 Å². The van der Waals surface area contributed by atoms with E-state index >= 15 is 0 Å². The zero-order valence-electron chi connectivity index (χ0n) is 10.1. The molecule has 0 aromatic heterocycles. The van der Waals surface area contributed by atoms with Gasteiger partial charge in [-0.2, -0.15) is 0 Å². The van der Waals surface area contributed by atoms with E-state index in [-0.39, 0.29) is 12.0 Å². The molecule has 3 N–H and O–H groups in total. The highest BCUT2D eigenvalue weighted by molar-refractivity contribution is 5.72. The number of anilines is 1. The van der Waals surface area contributed by atoms with Crippen LogP contribution in [0.25, 0.3) is 0 Å². The van der Waals surface area contributed by atoms with Crippen molar-refractivity contribution in [2.24, 2.45) is 5.92 Å². The van der Waals surface area contributed by atoms with E-state index in [4.69, 9.17) is 5.11 Å². The molecule has 1 fully saturated rings. The Hall–Kier alpha value is -1.55. The molecule has 2 aliphatic rings. The lowest BCUT2D eigenvalue weighted by Gasteiger charge is -2.48. The number of hydrogen-bond donors (Lipinski definition) is 3. The van der Waals surface area contributed by atoms with Crippen molar-refractivity contribution in [3.05, 3.63) is 29.8 Å². The summed E-state index contributed by atoms with van der Waals surface area (Å²) in [6, 6.07) is 8.06. The van der Waals surface area contributed by atoms with Crippen molar-refractivity contribution in [3.8, 4) is 0 Å². The molecule has 0 radical (unpaired) electrons. The molecule has 1 unspecified atom stereocenters. The Kier molecular flexibility index (Phi) is 2.55. The molecule has 0 saturated heterocycles. The summed E-state index contributed by atoms with van der Waals surface area (Å²) in [4.78, 5) is 10.8. The molecule has 18 heavy (non-hydrogen) atoms. The van der Waals surface area contributed by atoms with Crippen LogP contribution in [0.2, 0.25) is 0 Å². The highest BCUT2D eigenvalue weighted by Gasteiger charge is 2.51. The van der Waals surface area contributed by atoms with Crippen molar-refractivity contribution in [2.45, 2.75) is 37.3 Å². The number of benzene rings is 1. The Morgan fingerprint density at radius 3 is 2.78 bits per heavy atom. The van der Waals surface area contributed by atoms with Gasteiger partial charge in [-0.3, -0.25) is 4.79 Å². The second-order valence-corrected chi connectivity index (χ2v) is 5.44. The maximum atomic E-state index is 10.8. The lowest BCUT2D eigenvalue weighted by Crippen LogP contribution is -2.58. The summed E-state index contributed by atoms with van der Waals surface area (Å²) in [7, 11) is 0. The van der Waals surface area contributed by atoms with Crippen molar-refractivity contribution in [2.75, 3.05) is 5.32 Å². The van der Waals surface area contributed by atoms with Crippen LogP contribution < -0.4 is 5.32 Å². The monoisotopic (exact) mass is 247 g/mol. The van der Waals surface area contributed by atoms with Gasteiger partial charge >= 0.3 is 5.97 Å². The third kappa shape index (κ3) is 1.77. The summed E-state index contributed by atoms with van der Waals surface area (Å²) in [5.74, 6) is -1.18. The molecule has 3 rings (SSSR count). The van der Waals surface area contributed by atoms with E-state index < -0.39 is 11.6 Å². The SMILES string of the molecule is O=C(O)C1CC(O)(C2CCc3ccccc3N2)C1. The summed E-state index contributed by atoms with van der Waals surface area (Å²) in [6.45, 7) is 0. The highest BCUT2D eigenvalue weighted by atomic mass is 16.4. The molecule has 4 heteroatoms. The van der Waals surface area contributed by atoms with E-state index in [0.29, 0.717) is 12.8 Å². The average molecular weight is 247 g/mol. The molecule has 1 saturated carbocycles. The molecule has 1 atom stereocenters. The number of rotatable bonds is 2. The maximum absolute atomic E-state index is 10.8. The summed E-state index contributed by atoms with van der Waals surface area (Å²) in [6.07, 6.45) is 2.53. The molecule has 1 aliphatic heterocycles. The first kappa shape index (κ1) is 11.5. The van der Waals surface area contributed by atoms with Crippen LogP contribution in [0.3, 0.4) is 0 Å². The first-order valence-corrected chi connectivity index (χ1v) is 6.38. The minimum atomic E-state index is -0.851. The molecule has 4 nitrogen and oxygen atoms in total. The van der Waals surface area contributed by atoms with Crippen molar-refractivity contribution in [1.82, 2.24) is 0 Å². The van der Waals surface area contributed by atoms with Gasteiger partial charge in [0.15, 0.2) is 0 Å². The number of hydrogen-bond acceptors (Lipinski definition) is 3. The summed E-state index contributed by atoms with van der Waals surface area (Å²) in [5.41, 5.74) is 1.49. The van der Waals surface area contributed by atoms with Crippen LogP contribution in [-0.4, -0.2) is 27.8 Å². The third-order valence-electron chi connectivity index (χ3n) is 4.25. The van der Waals surface area contributed by atoms with Gasteiger partial charge in [-0.15, -0.1) is 0 Å². The number of aliphatic hydroxyl groups is 1. The fourth-order valence-electron chi connectivity index (χ4n) is 3.09. The van der Waals surface area contributed by atoms with E-state index in [9.17, 15) is 9.90 Å². The normalized spacial score (nSPS) is 34.1. The first-order valence-electron chi connectivity index (χ1n) is 6.38. The number of fused-ring (bicyclic) bond motifs is 1. The molecule has 0 bridgehead atoms. The number of carboxylic acids is 1. The Morgan fingerprint density at radius 2 is 2.06 bits per heavy atom. The van der Waals surface area contributed by atoms with Crippen molar-refractivity contribution in [3.63, 3.8) is 0 Å². The fourth-order valence-corrected chi connectivity index (χ4v) is 3.09. The summed E-state index contributed by atoms with van der Waals surface area (Å²) >= 11 is 0. The number of nitrogens with one attached hydrogen (secondary N) is 1. The molecule has 1 aromatic rings. The van der Waals surface area contributed by atoms with Gasteiger partial charge in [0.1, 0.15) is 0 Å². The largest absolute Gasteiger partial charge is 0.481 e. The van der Waals surface area contributed by atoms with Crippen LogP contribution in [0.15, 0.2) is 24.3 Å². The Labute approximate surface area is 106 Å². The van der Waals surface area contributed by atoms with Gasteiger partial charge in [0.25, 0.3) is 0 Å². The van der Waals surface area contributed by atoms with E-state index in [1.54, 1.807) is 0 Å². The maximum Gasteiger partial charge on any atom is 0.306 e. The van der Waals surface area contributed by atoms with Crippen LogP contribution >= 0.6 is 0 Å². The van der Waals surface area contributed by atoms with E-state index in [0.717, 1.165) is 18.5 Å². The topological polar surface area (TPSA) is 69.6 Å². The molecule has 0 spiro atoms. The van der Waals surface area contributed by atoms with Crippen molar-refractivity contribution < 1.29 is 15.0 Å². The van der Waals surface area contributed by atoms with Crippen molar-refractivity contribution >= 4 is 11.7 Å². The lowest BCUT2D eigenvalue weighted by molar-refractivity contribution is -0.160. The standard InChI is InChI=1S/C14H17NO3/c16-13(17)10-7-14(18,8-10)12-6-5-9-3-1-2-4-11(9)15-12/h1-4,10,12,15,18H,5-8H2,(H,16,17). The van der Waals surface area contributed by atoms with Gasteiger partial charge in [0, 0.05) is 5.69 Å². The smallest absolute Gasteiger partial charge is 0.306 e. The molecule has 0 amide bonds. The predicted molar refractivity (Wildman–Crippen MR) is 67.5 cm³/mol. The number of carbonyl (C=O) groups is 1. The molecule has 1 aliphatic carbocycles. The van der Waals surface area contributed by atoms with Gasteiger partial charge in [0.05, 0.1) is 17.6 Å². The zero-order valence-corrected chi connectivity index (χ0v) is 10.1. The van der Waals surface area contributed by atoms with Crippen LogP contribution in [0.4, 0.5) is 5.69 Å². The minimum absolute atomic E-state index is 0.0250. The summed E-state index contributed by atoms with van der Waals surface area (Å²) < 4.78 is 0. The Morgan fingerprint density at radius 1 is 1.33 bits per heavy atom. The number of aryl methyl sites for hydroxylation is 1. The van der Waals surface area contributed by atoms with E-state index in [1.807, 2.05) is 18.2 Å². The van der Waals surface area contributed by atoms with Gasteiger partial charge < -0.3 is 15.5 Å². The molecule has 1 aromatic carbocycles. The van der Waals surface area contributed by atoms with Crippen molar-refractivity contribution in [1.29, 1.82) is 0 Å². The zero-order chi connectivity index (χ0) is 12.8. The highest BCUT2D eigenvalue weighted by Crippen LogP contribution is 2.44. The average Bonchev–Trinajstić information content (AvgIpc) is 2.34. The number of aliphatic carboxylic acids is 1. The van der Waals surface area contributed by atoms with Gasteiger partial charge in [0.2, 0.25) is 0 Å².